The average molecular weight is 227 g/mol. The maximum atomic E-state index is 6.10. The summed E-state index contributed by atoms with van der Waals surface area (Å²) in [6.45, 7) is 4.76. The fourth-order valence-electron chi connectivity index (χ4n) is 1.51. The minimum absolute atomic E-state index is 0.692. The number of hydrogen-bond acceptors (Lipinski definition) is 2. The number of fused-ring (bicyclic) bond motifs is 1. The third-order valence-corrected chi connectivity index (χ3v) is 3.57. The number of thiophene rings is 1. The molecule has 0 radical (unpaired) electrons. The van der Waals surface area contributed by atoms with Gasteiger partial charge in [-0.05, 0) is 25.5 Å². The zero-order chi connectivity index (χ0) is 10.1. The van der Waals surface area contributed by atoms with Gasteiger partial charge in [0.05, 0.1) is 16.3 Å². The quantitative estimate of drug-likeness (QED) is 0.744. The fraction of sp³-hybridized carbons (Fsp3) is 0.273. The summed E-state index contributed by atoms with van der Waals surface area (Å²) in [6, 6.07) is 3.96. The molecule has 0 unspecified atom stereocenters. The summed E-state index contributed by atoms with van der Waals surface area (Å²) in [5.41, 5.74) is 1.22. The second-order valence-corrected chi connectivity index (χ2v) is 4.39. The van der Waals surface area contributed by atoms with Crippen LogP contribution in [0.5, 0.6) is 5.75 Å². The normalized spacial score (nSPS) is 10.8. The molecule has 0 amide bonds. The number of halogens is 1. The molecule has 0 aliphatic rings. The molecule has 3 heteroatoms. The molecule has 0 aliphatic heterocycles. The van der Waals surface area contributed by atoms with Crippen LogP contribution in [0.25, 0.3) is 10.1 Å². The Kier molecular flexibility index (Phi) is 2.66. The Morgan fingerprint density at radius 2 is 2.21 bits per heavy atom. The first-order valence-electron chi connectivity index (χ1n) is 4.53. The van der Waals surface area contributed by atoms with E-state index in [1.165, 1.54) is 5.56 Å². The van der Waals surface area contributed by atoms with Crippen molar-refractivity contribution in [2.24, 2.45) is 0 Å². The van der Waals surface area contributed by atoms with Crippen molar-refractivity contribution in [1.82, 2.24) is 0 Å². The van der Waals surface area contributed by atoms with E-state index >= 15 is 0 Å². The van der Waals surface area contributed by atoms with E-state index in [1.807, 2.05) is 24.4 Å². The second-order valence-electron chi connectivity index (χ2n) is 3.10. The lowest BCUT2D eigenvalue weighted by atomic mass is 10.1. The lowest BCUT2D eigenvalue weighted by Gasteiger charge is -2.03. The molecular weight excluding hydrogens is 216 g/mol. The zero-order valence-corrected chi connectivity index (χ0v) is 9.71. The summed E-state index contributed by atoms with van der Waals surface area (Å²) < 4.78 is 6.67. The SMILES string of the molecule is CCOc1csc2c(Cl)ccc(C)c12. The van der Waals surface area contributed by atoms with Crippen LogP contribution in [-0.4, -0.2) is 6.61 Å². The lowest BCUT2D eigenvalue weighted by molar-refractivity contribution is 0.345. The van der Waals surface area contributed by atoms with Gasteiger partial charge in [-0.1, -0.05) is 17.7 Å². The molecule has 2 aromatic rings. The van der Waals surface area contributed by atoms with Crippen LogP contribution in [0.15, 0.2) is 17.5 Å². The number of rotatable bonds is 2. The number of ether oxygens (including phenoxy) is 1. The van der Waals surface area contributed by atoms with Crippen molar-refractivity contribution in [1.29, 1.82) is 0 Å². The summed E-state index contributed by atoms with van der Waals surface area (Å²) in [7, 11) is 0. The highest BCUT2D eigenvalue weighted by Crippen LogP contribution is 2.38. The molecule has 14 heavy (non-hydrogen) atoms. The van der Waals surface area contributed by atoms with Crippen molar-refractivity contribution in [2.45, 2.75) is 13.8 Å². The van der Waals surface area contributed by atoms with Crippen LogP contribution in [0, 0.1) is 6.92 Å². The molecule has 0 atom stereocenters. The van der Waals surface area contributed by atoms with Crippen LogP contribution in [0.3, 0.4) is 0 Å². The largest absolute Gasteiger partial charge is 0.492 e. The van der Waals surface area contributed by atoms with Gasteiger partial charge in [0, 0.05) is 10.8 Å². The van der Waals surface area contributed by atoms with Gasteiger partial charge in [-0.2, -0.15) is 0 Å². The van der Waals surface area contributed by atoms with Crippen molar-refractivity contribution in [3.05, 3.63) is 28.1 Å². The Bertz CT molecular complexity index is 462. The first-order valence-corrected chi connectivity index (χ1v) is 5.79. The van der Waals surface area contributed by atoms with E-state index in [-0.39, 0.29) is 0 Å². The summed E-state index contributed by atoms with van der Waals surface area (Å²) in [6.07, 6.45) is 0. The van der Waals surface area contributed by atoms with Crippen LogP contribution in [-0.2, 0) is 0 Å². The Balaban J connectivity index is 2.70. The van der Waals surface area contributed by atoms with Gasteiger partial charge in [-0.25, -0.2) is 0 Å². The smallest absolute Gasteiger partial charge is 0.138 e. The molecule has 0 fully saturated rings. The summed E-state index contributed by atoms with van der Waals surface area (Å²) in [5, 5.41) is 3.98. The number of benzene rings is 1. The van der Waals surface area contributed by atoms with E-state index in [4.69, 9.17) is 16.3 Å². The van der Waals surface area contributed by atoms with Crippen LogP contribution in [0.1, 0.15) is 12.5 Å². The second kappa shape index (κ2) is 3.79. The highest BCUT2D eigenvalue weighted by molar-refractivity contribution is 7.18. The van der Waals surface area contributed by atoms with Crippen molar-refractivity contribution >= 4 is 33.0 Å². The molecular formula is C11H11ClOS. The zero-order valence-electron chi connectivity index (χ0n) is 8.13. The van der Waals surface area contributed by atoms with Gasteiger partial charge in [-0.15, -0.1) is 11.3 Å². The topological polar surface area (TPSA) is 9.23 Å². The maximum Gasteiger partial charge on any atom is 0.138 e. The van der Waals surface area contributed by atoms with Gasteiger partial charge in [0.1, 0.15) is 5.75 Å². The van der Waals surface area contributed by atoms with Gasteiger partial charge in [0.2, 0.25) is 0 Å². The molecule has 0 spiro atoms. The third-order valence-electron chi connectivity index (χ3n) is 2.15. The fourth-order valence-corrected chi connectivity index (χ4v) is 2.77. The summed E-state index contributed by atoms with van der Waals surface area (Å²) in [4.78, 5) is 0. The van der Waals surface area contributed by atoms with Crippen LogP contribution < -0.4 is 4.74 Å². The van der Waals surface area contributed by atoms with Gasteiger partial charge in [0.15, 0.2) is 0 Å². The van der Waals surface area contributed by atoms with E-state index in [9.17, 15) is 0 Å². The third kappa shape index (κ3) is 1.49. The van der Waals surface area contributed by atoms with Gasteiger partial charge in [0.25, 0.3) is 0 Å². The van der Waals surface area contributed by atoms with E-state index in [2.05, 4.69) is 6.92 Å². The van der Waals surface area contributed by atoms with E-state index in [0.29, 0.717) is 6.61 Å². The van der Waals surface area contributed by atoms with Crippen molar-refractivity contribution in [3.8, 4) is 5.75 Å². The number of hydrogen-bond donors (Lipinski definition) is 0. The first kappa shape index (κ1) is 9.81. The molecule has 1 nitrogen and oxygen atoms in total. The molecule has 0 saturated carbocycles. The Morgan fingerprint density at radius 3 is 2.93 bits per heavy atom. The highest BCUT2D eigenvalue weighted by atomic mass is 35.5. The first-order chi connectivity index (χ1) is 6.74. The molecule has 0 saturated heterocycles. The standard InChI is InChI=1S/C11H11ClOS/c1-3-13-9-6-14-11-8(12)5-4-7(2)10(9)11/h4-6H,3H2,1-2H3. The summed E-state index contributed by atoms with van der Waals surface area (Å²) in [5.74, 6) is 0.951. The molecule has 1 heterocycles. The monoisotopic (exact) mass is 226 g/mol. The highest BCUT2D eigenvalue weighted by Gasteiger charge is 2.09. The van der Waals surface area contributed by atoms with Gasteiger partial charge in [-0.3, -0.25) is 0 Å². The predicted molar refractivity (Wildman–Crippen MR) is 62.7 cm³/mol. The molecule has 1 aromatic carbocycles. The van der Waals surface area contributed by atoms with Crippen LogP contribution in [0.2, 0.25) is 5.02 Å². The Morgan fingerprint density at radius 1 is 1.43 bits per heavy atom. The minimum atomic E-state index is 0.692. The van der Waals surface area contributed by atoms with Crippen LogP contribution in [0.4, 0.5) is 0 Å². The maximum absolute atomic E-state index is 6.10. The average Bonchev–Trinajstić information content (AvgIpc) is 2.58. The van der Waals surface area contributed by atoms with Crippen molar-refractivity contribution in [2.75, 3.05) is 6.61 Å². The van der Waals surface area contributed by atoms with Crippen molar-refractivity contribution in [3.63, 3.8) is 0 Å². The molecule has 74 valence electrons. The molecule has 0 bridgehead atoms. The molecule has 0 N–H and O–H groups in total. The van der Waals surface area contributed by atoms with Gasteiger partial charge >= 0.3 is 0 Å². The van der Waals surface area contributed by atoms with Crippen molar-refractivity contribution < 1.29 is 4.74 Å². The lowest BCUT2D eigenvalue weighted by Crippen LogP contribution is -1.90. The minimum Gasteiger partial charge on any atom is -0.492 e. The van der Waals surface area contributed by atoms with Gasteiger partial charge < -0.3 is 4.74 Å². The van der Waals surface area contributed by atoms with E-state index < -0.39 is 0 Å². The summed E-state index contributed by atoms with van der Waals surface area (Å²) >= 11 is 7.74. The molecule has 2 rings (SSSR count). The number of aryl methyl sites for hydroxylation is 1. The Labute approximate surface area is 92.3 Å². The molecule has 1 aromatic heterocycles. The predicted octanol–water partition coefficient (Wildman–Crippen LogP) is 4.26. The van der Waals surface area contributed by atoms with E-state index in [1.54, 1.807) is 11.3 Å². The molecule has 0 aliphatic carbocycles. The van der Waals surface area contributed by atoms with E-state index in [0.717, 1.165) is 20.9 Å². The van der Waals surface area contributed by atoms with Crippen LogP contribution >= 0.6 is 22.9 Å². The Hall–Kier alpha value is -0.730.